The van der Waals surface area contributed by atoms with Crippen molar-refractivity contribution in [3.8, 4) is 5.75 Å². The second kappa shape index (κ2) is 5.54. The molecule has 1 aromatic carbocycles. The van der Waals surface area contributed by atoms with Crippen LogP contribution in [0.25, 0.3) is 0 Å². The van der Waals surface area contributed by atoms with E-state index >= 15 is 0 Å². The van der Waals surface area contributed by atoms with Gasteiger partial charge in [0.15, 0.2) is 0 Å². The molecule has 2 heteroatoms. The van der Waals surface area contributed by atoms with Gasteiger partial charge < -0.3 is 4.74 Å². The quantitative estimate of drug-likeness (QED) is 0.547. The zero-order valence-electron chi connectivity index (χ0n) is 9.13. The van der Waals surface area contributed by atoms with E-state index in [0.717, 1.165) is 5.56 Å². The lowest BCUT2D eigenvalue weighted by molar-refractivity contribution is -0.131. The highest BCUT2D eigenvalue weighted by molar-refractivity contribution is 5.70. The van der Waals surface area contributed by atoms with Crippen molar-refractivity contribution in [3.63, 3.8) is 0 Å². The Hall–Kier alpha value is -1.31. The number of rotatable bonds is 2. The highest BCUT2D eigenvalue weighted by Crippen LogP contribution is 2.26. The van der Waals surface area contributed by atoms with Gasteiger partial charge in [-0.3, -0.25) is 4.79 Å². The molecule has 2 nitrogen and oxygen atoms in total. The fourth-order valence-corrected chi connectivity index (χ4v) is 1.52. The lowest BCUT2D eigenvalue weighted by Crippen LogP contribution is -2.04. The third-order valence-corrected chi connectivity index (χ3v) is 2.20. The normalized spacial score (nSPS) is 9.67. The van der Waals surface area contributed by atoms with Crippen molar-refractivity contribution >= 4 is 5.97 Å². The average Bonchev–Trinajstić information content (AvgIpc) is 2.07. The molecule has 0 heterocycles. The van der Waals surface area contributed by atoms with Crippen LogP contribution in [0.15, 0.2) is 18.2 Å². The molecule has 0 aliphatic carbocycles. The zero-order valence-corrected chi connectivity index (χ0v) is 9.13. The molecule has 15 heavy (non-hydrogen) atoms. The first-order valence-electron chi connectivity index (χ1n) is 4.80. The number of hydrogen-bond donors (Lipinski definition) is 0. The summed E-state index contributed by atoms with van der Waals surface area (Å²) in [5, 5.41) is 0. The Morgan fingerprint density at radius 3 is 2.40 bits per heavy atom. The van der Waals surface area contributed by atoms with Crippen LogP contribution >= 0.6 is 0 Å². The van der Waals surface area contributed by atoms with Crippen molar-refractivity contribution in [1.82, 2.24) is 0 Å². The molecular weight excluding hydrogens is 188 g/mol. The number of carbonyl (C=O) groups excluding carboxylic acids is 1. The molecular formula is C13H20O2. The molecule has 0 atom stereocenters. The molecule has 0 spiro atoms. The van der Waals surface area contributed by atoms with E-state index in [1.54, 1.807) is 0 Å². The van der Waals surface area contributed by atoms with Crippen LogP contribution in [0.3, 0.4) is 0 Å². The fraction of sp³-hybridized carbons (Fsp3) is 0.462. The smallest absolute Gasteiger partial charge is 0.308 e. The van der Waals surface area contributed by atoms with E-state index in [0.29, 0.717) is 11.7 Å². The second-order valence-electron chi connectivity index (χ2n) is 3.72. The number of benzene rings is 1. The Kier molecular flexibility index (Phi) is 5.06. The second-order valence-corrected chi connectivity index (χ2v) is 3.72. The maximum absolute atomic E-state index is 10.8. The first kappa shape index (κ1) is 13.7. The van der Waals surface area contributed by atoms with E-state index < -0.39 is 0 Å². The standard InChI is InChI=1S/C12H16O2.CH4/c1-8(2)11-6-5-7-12(9(11)3)14-10(4)13;/h5-8H,1-4H3;1H4. The van der Waals surface area contributed by atoms with Crippen molar-refractivity contribution in [2.24, 2.45) is 0 Å². The molecule has 0 aliphatic rings. The minimum atomic E-state index is -0.269. The first-order valence-corrected chi connectivity index (χ1v) is 4.80. The predicted molar refractivity (Wildman–Crippen MR) is 63.3 cm³/mol. The van der Waals surface area contributed by atoms with Crippen LogP contribution in [-0.4, -0.2) is 5.97 Å². The predicted octanol–water partition coefficient (Wildman–Crippen LogP) is 3.68. The molecule has 0 bridgehead atoms. The van der Waals surface area contributed by atoms with Crippen molar-refractivity contribution in [2.75, 3.05) is 0 Å². The van der Waals surface area contributed by atoms with Gasteiger partial charge in [-0.1, -0.05) is 33.4 Å². The summed E-state index contributed by atoms with van der Waals surface area (Å²) in [7, 11) is 0. The lowest BCUT2D eigenvalue weighted by Gasteiger charge is -2.12. The van der Waals surface area contributed by atoms with Gasteiger partial charge in [-0.2, -0.15) is 0 Å². The number of hydrogen-bond acceptors (Lipinski definition) is 2. The van der Waals surface area contributed by atoms with E-state index in [9.17, 15) is 4.79 Å². The topological polar surface area (TPSA) is 26.3 Å². The van der Waals surface area contributed by atoms with Crippen molar-refractivity contribution < 1.29 is 9.53 Å². The molecule has 0 saturated heterocycles. The van der Waals surface area contributed by atoms with Crippen LogP contribution in [0.2, 0.25) is 0 Å². The van der Waals surface area contributed by atoms with Crippen LogP contribution in [0.4, 0.5) is 0 Å². The summed E-state index contributed by atoms with van der Waals surface area (Å²) in [4.78, 5) is 10.8. The molecule has 84 valence electrons. The van der Waals surface area contributed by atoms with Gasteiger partial charge in [0.25, 0.3) is 0 Å². The van der Waals surface area contributed by atoms with Gasteiger partial charge in [0.1, 0.15) is 5.75 Å². The average molecular weight is 208 g/mol. The zero-order chi connectivity index (χ0) is 10.7. The van der Waals surface area contributed by atoms with E-state index in [4.69, 9.17) is 4.74 Å². The SMILES string of the molecule is C.CC(=O)Oc1cccc(C(C)C)c1C. The Morgan fingerprint density at radius 2 is 1.93 bits per heavy atom. The van der Waals surface area contributed by atoms with Crippen LogP contribution in [0.1, 0.15) is 45.2 Å². The summed E-state index contributed by atoms with van der Waals surface area (Å²) in [6.45, 7) is 7.65. The number of carbonyl (C=O) groups is 1. The summed E-state index contributed by atoms with van der Waals surface area (Å²) < 4.78 is 5.10. The van der Waals surface area contributed by atoms with Gasteiger partial charge in [0.2, 0.25) is 0 Å². The van der Waals surface area contributed by atoms with E-state index in [1.807, 2.05) is 19.1 Å². The minimum Gasteiger partial charge on any atom is -0.426 e. The summed E-state index contributed by atoms with van der Waals surface area (Å²) in [6, 6.07) is 5.80. The van der Waals surface area contributed by atoms with Crippen LogP contribution in [0.5, 0.6) is 5.75 Å². The molecule has 0 aliphatic heterocycles. The number of ether oxygens (including phenoxy) is 1. The van der Waals surface area contributed by atoms with Crippen LogP contribution < -0.4 is 4.74 Å². The molecule has 1 rings (SSSR count). The van der Waals surface area contributed by atoms with Crippen LogP contribution in [-0.2, 0) is 4.79 Å². The maximum atomic E-state index is 10.8. The highest BCUT2D eigenvalue weighted by Gasteiger charge is 2.08. The fourth-order valence-electron chi connectivity index (χ4n) is 1.52. The van der Waals surface area contributed by atoms with Gasteiger partial charge in [-0.15, -0.1) is 0 Å². The van der Waals surface area contributed by atoms with E-state index in [-0.39, 0.29) is 13.4 Å². The largest absolute Gasteiger partial charge is 0.426 e. The van der Waals surface area contributed by atoms with Gasteiger partial charge in [0, 0.05) is 6.92 Å². The molecule has 1 aromatic rings. The summed E-state index contributed by atoms with van der Waals surface area (Å²) in [5.74, 6) is 0.850. The Labute approximate surface area is 92.3 Å². The van der Waals surface area contributed by atoms with Gasteiger partial charge in [-0.25, -0.2) is 0 Å². The lowest BCUT2D eigenvalue weighted by atomic mass is 9.97. The molecule has 0 fully saturated rings. The summed E-state index contributed by atoms with van der Waals surface area (Å²) >= 11 is 0. The Balaban J connectivity index is 0.00000196. The summed E-state index contributed by atoms with van der Waals surface area (Å²) in [6.07, 6.45) is 0. The van der Waals surface area contributed by atoms with Gasteiger partial charge >= 0.3 is 5.97 Å². The number of esters is 1. The highest BCUT2D eigenvalue weighted by atomic mass is 16.5. The minimum absolute atomic E-state index is 0. The third-order valence-electron chi connectivity index (χ3n) is 2.20. The molecule has 0 saturated carbocycles. The molecule has 0 N–H and O–H groups in total. The molecule has 0 unspecified atom stereocenters. The summed E-state index contributed by atoms with van der Waals surface area (Å²) in [5.41, 5.74) is 2.28. The maximum Gasteiger partial charge on any atom is 0.308 e. The molecule has 0 amide bonds. The van der Waals surface area contributed by atoms with E-state index in [1.165, 1.54) is 12.5 Å². The molecule has 0 aromatic heterocycles. The van der Waals surface area contributed by atoms with E-state index in [2.05, 4.69) is 19.9 Å². The molecule has 0 radical (unpaired) electrons. The van der Waals surface area contributed by atoms with Crippen molar-refractivity contribution in [2.45, 2.75) is 41.0 Å². The third kappa shape index (κ3) is 3.39. The van der Waals surface area contributed by atoms with Crippen LogP contribution in [0, 0.1) is 6.92 Å². The van der Waals surface area contributed by atoms with Crippen molar-refractivity contribution in [3.05, 3.63) is 29.3 Å². The first-order chi connectivity index (χ1) is 6.52. The van der Waals surface area contributed by atoms with Crippen molar-refractivity contribution in [1.29, 1.82) is 0 Å². The Bertz CT molecular complexity index is 340. The Morgan fingerprint density at radius 1 is 1.33 bits per heavy atom. The van der Waals surface area contributed by atoms with Gasteiger partial charge in [0.05, 0.1) is 0 Å². The van der Waals surface area contributed by atoms with Gasteiger partial charge in [-0.05, 0) is 30.0 Å². The monoisotopic (exact) mass is 208 g/mol.